The molecule has 0 saturated carbocycles. The summed E-state index contributed by atoms with van der Waals surface area (Å²) in [6.45, 7) is 1.74. The van der Waals surface area contributed by atoms with Gasteiger partial charge in [0, 0.05) is 18.6 Å². The number of rotatable bonds is 3. The van der Waals surface area contributed by atoms with Crippen LogP contribution in [0.25, 0.3) is 0 Å². The Hall–Kier alpha value is -1.95. The van der Waals surface area contributed by atoms with E-state index in [2.05, 4.69) is 20.4 Å². The lowest BCUT2D eigenvalue weighted by Crippen LogP contribution is -2.24. The molecule has 0 fully saturated rings. The van der Waals surface area contributed by atoms with Gasteiger partial charge >= 0.3 is 0 Å². The van der Waals surface area contributed by atoms with Crippen LogP contribution in [0.2, 0.25) is 5.28 Å². The summed E-state index contributed by atoms with van der Waals surface area (Å²) in [6.07, 6.45) is 4.81. The van der Waals surface area contributed by atoms with E-state index in [0.717, 1.165) is 0 Å². The summed E-state index contributed by atoms with van der Waals surface area (Å²) in [5.74, 6) is 0.150. The second kappa shape index (κ2) is 4.92. The zero-order chi connectivity index (χ0) is 12.3. The van der Waals surface area contributed by atoms with Crippen LogP contribution in [0.5, 0.6) is 0 Å². The van der Waals surface area contributed by atoms with Crippen molar-refractivity contribution < 1.29 is 4.79 Å². The summed E-state index contributed by atoms with van der Waals surface area (Å²) in [6, 6.07) is 2.91. The third-order valence-electron chi connectivity index (χ3n) is 2.18. The smallest absolute Gasteiger partial charge is 0.250 e. The molecule has 0 aliphatic carbocycles. The van der Waals surface area contributed by atoms with Crippen LogP contribution in [-0.4, -0.2) is 25.7 Å². The number of amides is 1. The predicted octanol–water partition coefficient (Wildman–Crippen LogP) is 1.53. The van der Waals surface area contributed by atoms with Gasteiger partial charge in [-0.15, -0.1) is 0 Å². The minimum atomic E-state index is -0.418. The average Bonchev–Trinajstić information content (AvgIpc) is 2.81. The summed E-state index contributed by atoms with van der Waals surface area (Å²) < 4.78 is 1.55. The minimum Gasteiger partial charge on any atom is -0.309 e. The highest BCUT2D eigenvalue weighted by Crippen LogP contribution is 2.10. The van der Waals surface area contributed by atoms with E-state index in [1.165, 1.54) is 6.20 Å². The lowest BCUT2D eigenvalue weighted by atomic mass is 10.3. The molecule has 7 heteroatoms. The standard InChI is InChI=1S/C10H10ClN5O/c1-7(16-6-2-4-13-16)9(17)14-8-3-5-12-10(11)15-8/h2-7H,1H3,(H,12,14,15,17). The lowest BCUT2D eigenvalue weighted by Gasteiger charge is -2.11. The van der Waals surface area contributed by atoms with Crippen molar-refractivity contribution in [2.24, 2.45) is 0 Å². The first kappa shape index (κ1) is 11.5. The topological polar surface area (TPSA) is 72.7 Å². The number of nitrogens with one attached hydrogen (secondary N) is 1. The van der Waals surface area contributed by atoms with Gasteiger partial charge in [0.2, 0.25) is 11.2 Å². The Morgan fingerprint density at radius 1 is 1.53 bits per heavy atom. The molecule has 0 aromatic carbocycles. The van der Waals surface area contributed by atoms with Crippen LogP contribution in [0.15, 0.2) is 30.7 Å². The van der Waals surface area contributed by atoms with Gasteiger partial charge in [-0.3, -0.25) is 9.48 Å². The van der Waals surface area contributed by atoms with Crippen LogP contribution in [-0.2, 0) is 4.79 Å². The van der Waals surface area contributed by atoms with Crippen molar-refractivity contribution in [3.63, 3.8) is 0 Å². The van der Waals surface area contributed by atoms with Gasteiger partial charge in [-0.05, 0) is 30.7 Å². The zero-order valence-corrected chi connectivity index (χ0v) is 9.80. The summed E-state index contributed by atoms with van der Waals surface area (Å²) in [5.41, 5.74) is 0. The molecule has 1 unspecified atom stereocenters. The first-order valence-electron chi connectivity index (χ1n) is 4.95. The third-order valence-corrected chi connectivity index (χ3v) is 2.36. The van der Waals surface area contributed by atoms with Gasteiger partial charge in [-0.1, -0.05) is 0 Å². The Kier molecular flexibility index (Phi) is 3.34. The van der Waals surface area contributed by atoms with E-state index in [4.69, 9.17) is 11.6 Å². The molecular weight excluding hydrogens is 242 g/mol. The number of carbonyl (C=O) groups excluding carboxylic acids is 1. The molecule has 1 N–H and O–H groups in total. The number of anilines is 1. The minimum absolute atomic E-state index is 0.0922. The van der Waals surface area contributed by atoms with Crippen molar-refractivity contribution in [1.82, 2.24) is 19.7 Å². The second-order valence-corrected chi connectivity index (χ2v) is 3.70. The quantitative estimate of drug-likeness (QED) is 0.840. The largest absolute Gasteiger partial charge is 0.309 e. The molecule has 0 bridgehead atoms. The highest BCUT2D eigenvalue weighted by Gasteiger charge is 2.15. The van der Waals surface area contributed by atoms with Crippen molar-refractivity contribution in [3.05, 3.63) is 36.0 Å². The summed E-state index contributed by atoms with van der Waals surface area (Å²) in [4.78, 5) is 19.4. The van der Waals surface area contributed by atoms with E-state index < -0.39 is 6.04 Å². The van der Waals surface area contributed by atoms with Gasteiger partial charge in [0.05, 0.1) is 0 Å². The van der Waals surface area contributed by atoms with Crippen LogP contribution in [0.1, 0.15) is 13.0 Å². The number of halogens is 1. The summed E-state index contributed by atoms with van der Waals surface area (Å²) in [7, 11) is 0. The fourth-order valence-electron chi connectivity index (χ4n) is 1.27. The van der Waals surface area contributed by atoms with Crippen LogP contribution in [0.3, 0.4) is 0 Å². The normalized spacial score (nSPS) is 12.1. The maximum absolute atomic E-state index is 11.8. The SMILES string of the molecule is CC(C(=O)Nc1ccnc(Cl)n1)n1cccn1. The molecule has 0 aliphatic heterocycles. The van der Waals surface area contributed by atoms with E-state index >= 15 is 0 Å². The number of nitrogens with zero attached hydrogens (tertiary/aromatic N) is 4. The monoisotopic (exact) mass is 251 g/mol. The Labute approximate surface area is 103 Å². The average molecular weight is 252 g/mol. The van der Waals surface area contributed by atoms with Gasteiger partial charge in [0.25, 0.3) is 0 Å². The van der Waals surface area contributed by atoms with Crippen LogP contribution in [0, 0.1) is 0 Å². The molecule has 2 aromatic rings. The van der Waals surface area contributed by atoms with Crippen molar-refractivity contribution >= 4 is 23.3 Å². The number of aromatic nitrogens is 4. The highest BCUT2D eigenvalue weighted by molar-refractivity contribution is 6.28. The van der Waals surface area contributed by atoms with Crippen molar-refractivity contribution in [2.45, 2.75) is 13.0 Å². The molecule has 6 nitrogen and oxygen atoms in total. The molecule has 1 atom stereocenters. The highest BCUT2D eigenvalue weighted by atomic mass is 35.5. The zero-order valence-electron chi connectivity index (χ0n) is 9.04. The van der Waals surface area contributed by atoms with Crippen molar-refractivity contribution in [2.75, 3.05) is 5.32 Å². The van der Waals surface area contributed by atoms with Crippen molar-refractivity contribution in [1.29, 1.82) is 0 Å². The molecular formula is C10H10ClN5O. The molecule has 1 amide bonds. The van der Waals surface area contributed by atoms with E-state index in [9.17, 15) is 4.79 Å². The first-order chi connectivity index (χ1) is 8.16. The number of hydrogen-bond acceptors (Lipinski definition) is 4. The molecule has 17 heavy (non-hydrogen) atoms. The predicted molar refractivity (Wildman–Crippen MR) is 62.6 cm³/mol. The Bertz CT molecular complexity index is 513. The molecule has 0 spiro atoms. The van der Waals surface area contributed by atoms with Gasteiger partial charge in [-0.2, -0.15) is 5.10 Å². The molecule has 0 saturated heterocycles. The maximum atomic E-state index is 11.8. The van der Waals surface area contributed by atoms with E-state index in [1.807, 2.05) is 0 Å². The van der Waals surface area contributed by atoms with Gasteiger partial charge < -0.3 is 5.32 Å². The van der Waals surface area contributed by atoms with Crippen LogP contribution in [0.4, 0.5) is 5.82 Å². The maximum Gasteiger partial charge on any atom is 0.250 e. The fraction of sp³-hybridized carbons (Fsp3) is 0.200. The molecule has 2 rings (SSSR count). The molecule has 0 radical (unpaired) electrons. The number of carbonyl (C=O) groups is 1. The van der Waals surface area contributed by atoms with Gasteiger partial charge in [0.1, 0.15) is 11.9 Å². The summed E-state index contributed by atoms with van der Waals surface area (Å²) in [5, 5.41) is 6.72. The Balaban J connectivity index is 2.07. The molecule has 88 valence electrons. The van der Waals surface area contributed by atoms with Gasteiger partial charge in [-0.25, -0.2) is 9.97 Å². The number of hydrogen-bond donors (Lipinski definition) is 1. The molecule has 0 aliphatic rings. The van der Waals surface area contributed by atoms with Crippen LogP contribution >= 0.6 is 11.6 Å². The Morgan fingerprint density at radius 3 is 3.00 bits per heavy atom. The molecule has 2 aromatic heterocycles. The van der Waals surface area contributed by atoms with Gasteiger partial charge in [0.15, 0.2) is 0 Å². The van der Waals surface area contributed by atoms with E-state index in [-0.39, 0.29) is 11.2 Å². The van der Waals surface area contributed by atoms with Crippen LogP contribution < -0.4 is 5.32 Å². The Morgan fingerprint density at radius 2 is 2.35 bits per heavy atom. The summed E-state index contributed by atoms with van der Waals surface area (Å²) >= 11 is 5.62. The molecule has 2 heterocycles. The van der Waals surface area contributed by atoms with E-state index in [0.29, 0.717) is 5.82 Å². The first-order valence-corrected chi connectivity index (χ1v) is 5.33. The second-order valence-electron chi connectivity index (χ2n) is 3.36. The van der Waals surface area contributed by atoms with Crippen molar-refractivity contribution in [3.8, 4) is 0 Å². The fourth-order valence-corrected chi connectivity index (χ4v) is 1.41. The van der Waals surface area contributed by atoms with E-state index in [1.54, 1.807) is 36.1 Å². The lowest BCUT2D eigenvalue weighted by molar-refractivity contribution is -0.119. The third kappa shape index (κ3) is 2.79.